The monoisotopic (exact) mass is 326 g/mol. The average molecular weight is 326 g/mol. The van der Waals surface area contributed by atoms with Crippen LogP contribution in [0.25, 0.3) is 0 Å². The minimum atomic E-state index is -4.51. The van der Waals surface area contributed by atoms with Gasteiger partial charge in [0.2, 0.25) is 0 Å². The topological polar surface area (TPSA) is 42.9 Å². The van der Waals surface area contributed by atoms with Crippen LogP contribution in [0.5, 0.6) is 0 Å². The van der Waals surface area contributed by atoms with Crippen LogP contribution in [0.15, 0.2) is 9.72 Å². The highest BCUT2D eigenvalue weighted by molar-refractivity contribution is 7.86. The fourth-order valence-electron chi connectivity index (χ4n) is 1.41. The molecule has 104 valence electrons. The average Bonchev–Trinajstić information content (AvgIpc) is 2.84. The maximum Gasteiger partial charge on any atom is 0.434 e. The van der Waals surface area contributed by atoms with Crippen molar-refractivity contribution < 1.29 is 17.4 Å². The molecule has 1 atom stereocenters. The first kappa shape index (κ1) is 14.6. The second kappa shape index (κ2) is 5.29. The Balaban J connectivity index is 2.27. The first-order valence-electron chi connectivity index (χ1n) is 5.11. The molecule has 0 fully saturated rings. The third kappa shape index (κ3) is 3.40. The number of alkyl halides is 3. The number of aryl methyl sites for hydroxylation is 2. The first-order chi connectivity index (χ1) is 8.77. The quantitative estimate of drug-likeness (QED) is 0.866. The molecule has 0 saturated carbocycles. The fraction of sp³-hybridized carbons (Fsp3) is 0.400. The summed E-state index contributed by atoms with van der Waals surface area (Å²) in [6.07, 6.45) is -4.51. The molecule has 0 aliphatic heterocycles. The molecule has 2 heterocycles. The molecule has 0 N–H and O–H groups in total. The molecule has 0 saturated heterocycles. The van der Waals surface area contributed by atoms with E-state index < -0.39 is 22.7 Å². The van der Waals surface area contributed by atoms with Gasteiger partial charge in [0.15, 0.2) is 10.0 Å². The van der Waals surface area contributed by atoms with Crippen molar-refractivity contribution in [1.82, 2.24) is 9.97 Å². The zero-order valence-electron chi connectivity index (χ0n) is 9.95. The minimum Gasteiger partial charge on any atom is -0.252 e. The molecule has 2 rings (SSSR count). The summed E-state index contributed by atoms with van der Waals surface area (Å²) >= 11 is 2.11. The Morgan fingerprint density at radius 3 is 2.53 bits per heavy atom. The van der Waals surface area contributed by atoms with Gasteiger partial charge in [-0.3, -0.25) is 4.21 Å². The van der Waals surface area contributed by atoms with Crippen LogP contribution < -0.4 is 0 Å². The van der Waals surface area contributed by atoms with Gasteiger partial charge in [-0.15, -0.1) is 22.7 Å². The summed E-state index contributed by atoms with van der Waals surface area (Å²) in [5, 5.41) is 2.03. The molecule has 0 radical (unpaired) electrons. The molecule has 3 nitrogen and oxygen atoms in total. The first-order valence-corrected chi connectivity index (χ1v) is 8.13. The molecule has 0 spiro atoms. The standard InChI is InChI=1S/C10H9F3N2OS3/c1-5-3-17-9(14-5)19(16)4-7-8(10(11,12)13)15-6(2)18-7/h3H,4H2,1-2H3. The van der Waals surface area contributed by atoms with Gasteiger partial charge in [-0.05, 0) is 13.8 Å². The predicted octanol–water partition coefficient (Wildman–Crippen LogP) is 3.54. The van der Waals surface area contributed by atoms with Gasteiger partial charge < -0.3 is 0 Å². The molecule has 9 heteroatoms. The van der Waals surface area contributed by atoms with E-state index in [9.17, 15) is 17.4 Å². The predicted molar refractivity (Wildman–Crippen MR) is 68.8 cm³/mol. The molecule has 19 heavy (non-hydrogen) atoms. The summed E-state index contributed by atoms with van der Waals surface area (Å²) in [4.78, 5) is 7.50. The van der Waals surface area contributed by atoms with E-state index in [2.05, 4.69) is 9.97 Å². The summed E-state index contributed by atoms with van der Waals surface area (Å²) in [5.74, 6) is -0.201. The molecule has 0 aliphatic carbocycles. The van der Waals surface area contributed by atoms with E-state index in [1.165, 1.54) is 18.3 Å². The Morgan fingerprint density at radius 2 is 2.00 bits per heavy atom. The van der Waals surface area contributed by atoms with E-state index in [-0.39, 0.29) is 10.6 Å². The lowest BCUT2D eigenvalue weighted by atomic mass is 10.4. The smallest absolute Gasteiger partial charge is 0.252 e. The maximum absolute atomic E-state index is 12.8. The number of hydrogen-bond donors (Lipinski definition) is 0. The lowest BCUT2D eigenvalue weighted by Gasteiger charge is -2.05. The highest BCUT2D eigenvalue weighted by atomic mass is 32.2. The van der Waals surface area contributed by atoms with Crippen LogP contribution in [0.3, 0.4) is 0 Å². The van der Waals surface area contributed by atoms with Crippen molar-refractivity contribution in [3.8, 4) is 0 Å². The lowest BCUT2D eigenvalue weighted by Crippen LogP contribution is -2.10. The van der Waals surface area contributed by atoms with Crippen LogP contribution in [0.1, 0.15) is 21.3 Å². The number of nitrogens with zero attached hydrogens (tertiary/aromatic N) is 2. The Hall–Kier alpha value is -0.800. The number of hydrogen-bond acceptors (Lipinski definition) is 5. The van der Waals surface area contributed by atoms with Gasteiger partial charge in [0.25, 0.3) is 0 Å². The molecule has 0 aliphatic rings. The van der Waals surface area contributed by atoms with Crippen LogP contribution in [0, 0.1) is 13.8 Å². The number of rotatable bonds is 3. The van der Waals surface area contributed by atoms with Gasteiger partial charge in [-0.2, -0.15) is 13.2 Å². The van der Waals surface area contributed by atoms with Crippen molar-refractivity contribution in [3.63, 3.8) is 0 Å². The van der Waals surface area contributed by atoms with Crippen molar-refractivity contribution in [2.45, 2.75) is 30.1 Å². The highest BCUT2D eigenvalue weighted by Gasteiger charge is 2.37. The maximum atomic E-state index is 12.8. The van der Waals surface area contributed by atoms with E-state index in [1.54, 1.807) is 12.3 Å². The summed E-state index contributed by atoms with van der Waals surface area (Å²) in [5.41, 5.74) is -0.221. The normalized spacial score (nSPS) is 13.7. The Labute approximate surface area is 118 Å². The van der Waals surface area contributed by atoms with E-state index in [0.29, 0.717) is 15.0 Å². The third-order valence-corrected chi connectivity index (χ3v) is 5.91. The fourth-order valence-corrected chi connectivity index (χ4v) is 4.73. The van der Waals surface area contributed by atoms with Gasteiger partial charge >= 0.3 is 6.18 Å². The summed E-state index contributed by atoms with van der Waals surface area (Å²) < 4.78 is 50.6. The van der Waals surface area contributed by atoms with E-state index in [4.69, 9.17) is 0 Å². The van der Waals surface area contributed by atoms with Crippen LogP contribution >= 0.6 is 22.7 Å². The Bertz CT molecular complexity index is 618. The van der Waals surface area contributed by atoms with Crippen LogP contribution in [0.2, 0.25) is 0 Å². The Kier molecular flexibility index (Phi) is 4.07. The molecular formula is C10H9F3N2OS3. The molecule has 2 aromatic heterocycles. The van der Waals surface area contributed by atoms with Crippen LogP contribution in [-0.2, 0) is 22.7 Å². The van der Waals surface area contributed by atoms with Gasteiger partial charge in [-0.25, -0.2) is 9.97 Å². The van der Waals surface area contributed by atoms with Crippen molar-refractivity contribution >= 4 is 33.5 Å². The minimum absolute atomic E-state index is 0.00353. The lowest BCUT2D eigenvalue weighted by molar-refractivity contribution is -0.141. The van der Waals surface area contributed by atoms with Crippen molar-refractivity contribution in [2.24, 2.45) is 0 Å². The third-order valence-electron chi connectivity index (χ3n) is 2.13. The Morgan fingerprint density at radius 1 is 1.32 bits per heavy atom. The number of aromatic nitrogens is 2. The van der Waals surface area contributed by atoms with Crippen molar-refractivity contribution in [2.75, 3.05) is 0 Å². The summed E-state index contributed by atoms with van der Waals surface area (Å²) in [6.45, 7) is 3.25. The van der Waals surface area contributed by atoms with Crippen LogP contribution in [-0.4, -0.2) is 14.2 Å². The molecule has 0 bridgehead atoms. The van der Waals surface area contributed by atoms with E-state index in [1.807, 2.05) is 0 Å². The molecule has 0 amide bonds. The van der Waals surface area contributed by atoms with Crippen molar-refractivity contribution in [1.29, 1.82) is 0 Å². The zero-order valence-corrected chi connectivity index (χ0v) is 12.4. The zero-order chi connectivity index (χ0) is 14.2. The SMILES string of the molecule is Cc1csc(S(=O)Cc2sc(C)nc2C(F)(F)F)n1. The second-order valence-electron chi connectivity index (χ2n) is 3.75. The number of halogens is 3. The summed E-state index contributed by atoms with van der Waals surface area (Å²) in [7, 11) is -1.57. The molecule has 2 aromatic rings. The van der Waals surface area contributed by atoms with Gasteiger partial charge in [0.1, 0.15) is 0 Å². The molecule has 1 unspecified atom stereocenters. The summed E-state index contributed by atoms with van der Waals surface area (Å²) in [6, 6.07) is 0. The van der Waals surface area contributed by atoms with E-state index >= 15 is 0 Å². The van der Waals surface area contributed by atoms with Gasteiger partial charge in [-0.1, -0.05) is 0 Å². The highest BCUT2D eigenvalue weighted by Crippen LogP contribution is 2.35. The molecule has 0 aromatic carbocycles. The second-order valence-corrected chi connectivity index (χ2v) is 7.52. The van der Waals surface area contributed by atoms with E-state index in [0.717, 1.165) is 11.3 Å². The van der Waals surface area contributed by atoms with Gasteiger partial charge in [0, 0.05) is 11.1 Å². The van der Waals surface area contributed by atoms with Crippen molar-refractivity contribution in [3.05, 3.63) is 26.7 Å². The number of thiazole rings is 2. The van der Waals surface area contributed by atoms with Gasteiger partial charge in [0.05, 0.1) is 26.4 Å². The largest absolute Gasteiger partial charge is 0.434 e. The molecular weight excluding hydrogens is 317 g/mol. The van der Waals surface area contributed by atoms with Crippen LogP contribution in [0.4, 0.5) is 13.2 Å².